The van der Waals surface area contributed by atoms with Crippen LogP contribution in [0.1, 0.15) is 85.6 Å². The van der Waals surface area contributed by atoms with Gasteiger partial charge in [0.15, 0.2) is 0 Å². The predicted octanol–water partition coefficient (Wildman–Crippen LogP) is 5.29. The van der Waals surface area contributed by atoms with Crippen molar-refractivity contribution < 1.29 is 28.7 Å². The summed E-state index contributed by atoms with van der Waals surface area (Å²) in [7, 11) is 0. The van der Waals surface area contributed by atoms with E-state index in [1.54, 1.807) is 30.5 Å². The van der Waals surface area contributed by atoms with E-state index in [0.29, 0.717) is 47.1 Å². The van der Waals surface area contributed by atoms with Gasteiger partial charge in [0.1, 0.15) is 29.8 Å². The van der Waals surface area contributed by atoms with E-state index in [1.165, 1.54) is 0 Å². The molecule has 0 bridgehead atoms. The van der Waals surface area contributed by atoms with Gasteiger partial charge in [-0.15, -0.1) is 0 Å². The van der Waals surface area contributed by atoms with E-state index in [4.69, 9.17) is 21.3 Å². The van der Waals surface area contributed by atoms with Gasteiger partial charge in [-0.05, 0) is 94.1 Å². The lowest BCUT2D eigenvalue weighted by atomic mass is 9.86. The number of nitriles is 1. The second kappa shape index (κ2) is 17.1. The van der Waals surface area contributed by atoms with Crippen molar-refractivity contribution in [3.8, 4) is 11.8 Å². The molecule has 1 saturated carbocycles. The Balaban J connectivity index is 0.771. The highest BCUT2D eigenvalue weighted by atomic mass is 35.5. The number of benzene rings is 2. The maximum Gasteiger partial charge on any atom is 0.322 e. The second-order valence-corrected chi connectivity index (χ2v) is 17.1. The van der Waals surface area contributed by atoms with Crippen molar-refractivity contribution in [2.75, 3.05) is 54.4 Å². The third kappa shape index (κ3) is 8.23. The molecule has 0 radical (unpaired) electrons. The molecule has 6 amide bonds. The van der Waals surface area contributed by atoms with Gasteiger partial charge in [0.25, 0.3) is 11.8 Å². The lowest BCUT2D eigenvalue weighted by Crippen LogP contribution is -2.59. The summed E-state index contributed by atoms with van der Waals surface area (Å²) < 4.78 is 6.27. The molecule has 1 aromatic heterocycles. The van der Waals surface area contributed by atoms with Crippen LogP contribution in [0.2, 0.25) is 5.02 Å². The standard InChI is InChI=1S/C44H50ClN9O6/c1-4-50(32-17-34(18-32)60-33-8-9-35-36(20-33)43(58)54(42(35)57)38-10-12-40(55)49-41(38)56)25-28-13-15-51(16-14-28)39-11-6-30(22-47-39)48-44(59)53-24-26(2)52(23-27(53)3)31-7-5-29(21-46)37(45)19-31/h5-9,11,19-20,22,26-28,32,34,38H,4,10,12-18,23-25H2,1-3H3,(H,48,59)(H,49,55,56)/t26-,27+,32?,34?,38?/m0/s1. The summed E-state index contributed by atoms with van der Waals surface area (Å²) in [5.74, 6) is -0.120. The number of carbonyl (C=O) groups is 5. The number of hydrogen-bond donors (Lipinski definition) is 2. The molecule has 8 rings (SSSR count). The lowest BCUT2D eigenvalue weighted by Gasteiger charge is -2.45. The quantitative estimate of drug-likeness (QED) is 0.255. The van der Waals surface area contributed by atoms with Crippen molar-refractivity contribution >= 4 is 58.5 Å². The van der Waals surface area contributed by atoms with Crippen molar-refractivity contribution in [3.05, 3.63) is 76.4 Å². The predicted molar refractivity (Wildman–Crippen MR) is 225 cm³/mol. The van der Waals surface area contributed by atoms with Crippen LogP contribution < -0.4 is 25.2 Å². The first-order valence-corrected chi connectivity index (χ1v) is 21.3. The molecule has 15 nitrogen and oxygen atoms in total. The molecule has 3 atom stereocenters. The Morgan fingerprint density at radius 2 is 1.75 bits per heavy atom. The number of carbonyl (C=O) groups excluding carboxylic acids is 5. The van der Waals surface area contributed by atoms with E-state index in [1.807, 2.05) is 36.1 Å². The molecule has 314 valence electrons. The normalized spacial score (nSPS) is 24.6. The Labute approximate surface area is 354 Å². The largest absolute Gasteiger partial charge is 0.490 e. The van der Waals surface area contributed by atoms with Gasteiger partial charge in [0.2, 0.25) is 11.8 Å². The fraction of sp³-hybridized carbons (Fsp3) is 0.477. The molecule has 16 heteroatoms. The van der Waals surface area contributed by atoms with Gasteiger partial charge in [-0.2, -0.15) is 5.26 Å². The summed E-state index contributed by atoms with van der Waals surface area (Å²) in [6, 6.07) is 15.6. The number of piperidine rings is 2. The lowest BCUT2D eigenvalue weighted by molar-refractivity contribution is -0.136. The van der Waals surface area contributed by atoms with E-state index >= 15 is 0 Å². The van der Waals surface area contributed by atoms with Crippen molar-refractivity contribution in [2.45, 2.75) is 89.6 Å². The van der Waals surface area contributed by atoms with Gasteiger partial charge in [0.05, 0.1) is 33.6 Å². The number of hydrogen-bond acceptors (Lipinski definition) is 11. The Kier molecular flexibility index (Phi) is 11.7. The molecule has 3 aromatic rings. The van der Waals surface area contributed by atoms with Crippen LogP contribution in [0.4, 0.5) is 22.0 Å². The fourth-order valence-corrected chi connectivity index (χ4v) is 9.46. The van der Waals surface area contributed by atoms with Crippen molar-refractivity contribution in [1.82, 2.24) is 25.0 Å². The number of piperazine rings is 1. The molecular weight excluding hydrogens is 786 g/mol. The first-order chi connectivity index (χ1) is 28.9. The zero-order valence-corrected chi connectivity index (χ0v) is 34.9. The minimum absolute atomic E-state index is 0.00135. The fourth-order valence-electron chi connectivity index (χ4n) is 9.25. The summed E-state index contributed by atoms with van der Waals surface area (Å²) in [6.07, 6.45) is 5.76. The number of pyridine rings is 1. The van der Waals surface area contributed by atoms with Crippen LogP contribution in [-0.4, -0.2) is 119 Å². The molecule has 0 spiro atoms. The molecule has 2 aromatic carbocycles. The number of fused-ring (bicyclic) bond motifs is 1. The monoisotopic (exact) mass is 835 g/mol. The molecule has 1 aliphatic carbocycles. The van der Waals surface area contributed by atoms with Crippen LogP contribution in [0.15, 0.2) is 54.7 Å². The minimum Gasteiger partial charge on any atom is -0.490 e. The number of amides is 6. The number of nitrogens with one attached hydrogen (secondary N) is 2. The summed E-state index contributed by atoms with van der Waals surface area (Å²) in [4.78, 5) is 78.3. The summed E-state index contributed by atoms with van der Waals surface area (Å²) in [5, 5.41) is 14.9. The highest BCUT2D eigenvalue weighted by molar-refractivity contribution is 6.32. The van der Waals surface area contributed by atoms with Gasteiger partial charge in [0, 0.05) is 75.8 Å². The molecule has 2 N–H and O–H groups in total. The van der Waals surface area contributed by atoms with E-state index < -0.39 is 29.7 Å². The zero-order valence-electron chi connectivity index (χ0n) is 34.1. The first-order valence-electron chi connectivity index (χ1n) is 20.9. The minimum atomic E-state index is -0.999. The molecule has 4 fully saturated rings. The van der Waals surface area contributed by atoms with Gasteiger partial charge < -0.3 is 29.7 Å². The topological polar surface area (TPSA) is 172 Å². The number of ether oxygens (including phenoxy) is 1. The SMILES string of the molecule is CCN(CC1CCN(c2ccc(NC(=O)N3C[C@H](C)N(c4ccc(C#N)c(Cl)c4)C[C@H]3C)cn2)CC1)C1CC(Oc2ccc3c(c2)C(=O)N(C2CCC(=O)NC2=O)C3=O)C1. The van der Waals surface area contributed by atoms with E-state index in [2.05, 4.69) is 45.3 Å². The third-order valence-corrected chi connectivity index (χ3v) is 13.1. The number of imide groups is 2. The molecular formula is C44H50ClN9O6. The summed E-state index contributed by atoms with van der Waals surface area (Å²) >= 11 is 6.31. The van der Waals surface area contributed by atoms with Crippen molar-refractivity contribution in [1.29, 1.82) is 5.26 Å². The van der Waals surface area contributed by atoms with E-state index in [0.717, 1.165) is 68.3 Å². The molecule has 4 aliphatic heterocycles. The summed E-state index contributed by atoms with van der Waals surface area (Å²) in [6.45, 7) is 11.2. The van der Waals surface area contributed by atoms with Crippen LogP contribution in [0, 0.1) is 17.2 Å². The maximum atomic E-state index is 13.4. The van der Waals surface area contributed by atoms with Crippen LogP contribution in [-0.2, 0) is 9.59 Å². The Morgan fingerprint density at radius 3 is 2.43 bits per heavy atom. The van der Waals surface area contributed by atoms with E-state index in [-0.39, 0.29) is 48.2 Å². The maximum absolute atomic E-state index is 13.4. The van der Waals surface area contributed by atoms with E-state index in [9.17, 15) is 29.2 Å². The van der Waals surface area contributed by atoms with Crippen LogP contribution in [0.5, 0.6) is 5.75 Å². The molecule has 1 unspecified atom stereocenters. The van der Waals surface area contributed by atoms with Gasteiger partial charge in [-0.25, -0.2) is 9.78 Å². The molecule has 5 heterocycles. The van der Waals surface area contributed by atoms with Crippen LogP contribution >= 0.6 is 11.6 Å². The summed E-state index contributed by atoms with van der Waals surface area (Å²) in [5.41, 5.74) is 2.48. The zero-order chi connectivity index (χ0) is 42.2. The number of rotatable bonds is 10. The Bertz CT molecular complexity index is 2220. The Morgan fingerprint density at radius 1 is 0.983 bits per heavy atom. The van der Waals surface area contributed by atoms with Crippen LogP contribution in [0.3, 0.4) is 0 Å². The van der Waals surface area contributed by atoms with Crippen molar-refractivity contribution in [2.24, 2.45) is 5.92 Å². The highest BCUT2D eigenvalue weighted by Crippen LogP contribution is 2.35. The number of aromatic nitrogens is 1. The highest BCUT2D eigenvalue weighted by Gasteiger charge is 2.45. The first kappa shape index (κ1) is 41.0. The molecule has 3 saturated heterocycles. The van der Waals surface area contributed by atoms with Gasteiger partial charge in [-0.1, -0.05) is 18.5 Å². The third-order valence-electron chi connectivity index (χ3n) is 12.8. The van der Waals surface area contributed by atoms with Crippen molar-refractivity contribution in [3.63, 3.8) is 0 Å². The van der Waals surface area contributed by atoms with Gasteiger partial charge >= 0.3 is 6.03 Å². The van der Waals surface area contributed by atoms with Crippen LogP contribution in [0.25, 0.3) is 0 Å². The second-order valence-electron chi connectivity index (χ2n) is 16.7. The smallest absolute Gasteiger partial charge is 0.322 e. The molecule has 60 heavy (non-hydrogen) atoms. The molecule has 5 aliphatic rings. The average molecular weight is 836 g/mol. The Hall–Kier alpha value is -5.72. The number of urea groups is 1. The number of anilines is 3. The van der Waals surface area contributed by atoms with Gasteiger partial charge in [-0.3, -0.25) is 29.4 Å². The average Bonchev–Trinajstić information content (AvgIpc) is 3.47. The number of halogens is 1. The number of nitrogens with zero attached hydrogens (tertiary/aromatic N) is 7.